The summed E-state index contributed by atoms with van der Waals surface area (Å²) in [6.45, 7) is 7.57. The molecule has 4 rings (SSSR count). The van der Waals surface area contributed by atoms with Gasteiger partial charge in [-0.2, -0.15) is 0 Å². The molecule has 3 heteroatoms. The number of benzene rings is 3. The Balaban J connectivity index is 1.45. The maximum absolute atomic E-state index is 3.54. The number of rotatable bonds is 3. The molecule has 0 amide bonds. The summed E-state index contributed by atoms with van der Waals surface area (Å²) in [6.07, 6.45) is 0. The second-order valence-corrected chi connectivity index (χ2v) is 8.82. The predicted octanol–water partition coefficient (Wildman–Crippen LogP) is 6.80. The van der Waals surface area contributed by atoms with Crippen molar-refractivity contribution in [1.29, 1.82) is 0 Å². The van der Waals surface area contributed by atoms with Crippen molar-refractivity contribution in [3.63, 3.8) is 0 Å². The monoisotopic (exact) mass is 360 g/mol. The lowest BCUT2D eigenvalue weighted by molar-refractivity contribution is 0.590. The van der Waals surface area contributed by atoms with Crippen LogP contribution in [0.2, 0.25) is 0 Å². The molecule has 26 heavy (non-hydrogen) atoms. The highest BCUT2D eigenvalue weighted by Crippen LogP contribution is 2.44. The summed E-state index contributed by atoms with van der Waals surface area (Å²) in [7, 11) is 0. The lowest BCUT2D eigenvalue weighted by Crippen LogP contribution is -2.11. The summed E-state index contributed by atoms with van der Waals surface area (Å²) >= 11 is 1.82. The standard InChI is InChI=1S/C23H24N2S/c1-23(2,3)17-10-8-16(9-11-17)15-24-18-12-13-22-20(14-18)25-19-6-4-5-7-21(19)26-22/h4-14,24-25H,15H2,1-3H3. The molecular weight excluding hydrogens is 336 g/mol. The maximum atomic E-state index is 3.54. The first kappa shape index (κ1) is 17.0. The Bertz CT molecular complexity index is 924. The van der Waals surface area contributed by atoms with Crippen molar-refractivity contribution in [3.8, 4) is 0 Å². The molecule has 2 nitrogen and oxygen atoms in total. The van der Waals surface area contributed by atoms with E-state index >= 15 is 0 Å². The van der Waals surface area contributed by atoms with Gasteiger partial charge in [-0.15, -0.1) is 0 Å². The molecule has 0 saturated carbocycles. The number of hydrogen-bond donors (Lipinski definition) is 2. The summed E-state index contributed by atoms with van der Waals surface area (Å²) in [6, 6.07) is 23.9. The lowest BCUT2D eigenvalue weighted by atomic mass is 9.87. The van der Waals surface area contributed by atoms with Gasteiger partial charge in [0.05, 0.1) is 11.4 Å². The fraction of sp³-hybridized carbons (Fsp3) is 0.217. The summed E-state index contributed by atoms with van der Waals surface area (Å²) in [4.78, 5) is 2.54. The van der Waals surface area contributed by atoms with Crippen LogP contribution in [-0.4, -0.2) is 0 Å². The first-order valence-electron chi connectivity index (χ1n) is 9.00. The molecule has 0 fully saturated rings. The highest BCUT2D eigenvalue weighted by atomic mass is 32.2. The molecule has 2 N–H and O–H groups in total. The molecule has 3 aromatic carbocycles. The van der Waals surface area contributed by atoms with Gasteiger partial charge in [0.25, 0.3) is 0 Å². The Morgan fingerprint density at radius 3 is 2.35 bits per heavy atom. The van der Waals surface area contributed by atoms with Crippen molar-refractivity contribution >= 4 is 28.8 Å². The second kappa shape index (κ2) is 6.73. The van der Waals surface area contributed by atoms with Crippen molar-refractivity contribution in [2.75, 3.05) is 10.6 Å². The maximum Gasteiger partial charge on any atom is 0.0547 e. The smallest absolute Gasteiger partial charge is 0.0547 e. The van der Waals surface area contributed by atoms with E-state index < -0.39 is 0 Å². The van der Waals surface area contributed by atoms with Crippen LogP contribution in [0.5, 0.6) is 0 Å². The Labute approximate surface area is 160 Å². The van der Waals surface area contributed by atoms with Crippen LogP contribution >= 0.6 is 11.8 Å². The van der Waals surface area contributed by atoms with Gasteiger partial charge in [-0.05, 0) is 46.9 Å². The van der Waals surface area contributed by atoms with Crippen LogP contribution in [-0.2, 0) is 12.0 Å². The number of hydrogen-bond acceptors (Lipinski definition) is 3. The van der Waals surface area contributed by atoms with Crippen LogP contribution in [0.4, 0.5) is 17.1 Å². The molecule has 0 unspecified atom stereocenters. The minimum Gasteiger partial charge on any atom is -0.381 e. The van der Waals surface area contributed by atoms with Crippen molar-refractivity contribution in [1.82, 2.24) is 0 Å². The SMILES string of the molecule is CC(C)(C)c1ccc(CNc2ccc3c(c2)Nc2ccccc2S3)cc1. The highest BCUT2D eigenvalue weighted by molar-refractivity contribution is 7.99. The van der Waals surface area contributed by atoms with Gasteiger partial charge in [0, 0.05) is 22.0 Å². The molecule has 132 valence electrons. The van der Waals surface area contributed by atoms with Gasteiger partial charge in [0.2, 0.25) is 0 Å². The van der Waals surface area contributed by atoms with E-state index in [0.29, 0.717) is 0 Å². The van der Waals surface area contributed by atoms with Crippen LogP contribution in [0.25, 0.3) is 0 Å². The molecule has 0 saturated heterocycles. The fourth-order valence-corrected chi connectivity index (χ4v) is 4.04. The Morgan fingerprint density at radius 2 is 1.58 bits per heavy atom. The molecule has 0 spiro atoms. The largest absolute Gasteiger partial charge is 0.381 e. The van der Waals surface area contributed by atoms with Gasteiger partial charge in [0.15, 0.2) is 0 Å². The number of para-hydroxylation sites is 1. The highest BCUT2D eigenvalue weighted by Gasteiger charge is 2.15. The van der Waals surface area contributed by atoms with E-state index in [1.807, 2.05) is 11.8 Å². The summed E-state index contributed by atoms with van der Waals surface area (Å²) in [5.74, 6) is 0. The van der Waals surface area contributed by atoms with Crippen molar-refractivity contribution in [2.24, 2.45) is 0 Å². The number of fused-ring (bicyclic) bond motifs is 2. The van der Waals surface area contributed by atoms with E-state index in [1.54, 1.807) is 0 Å². The lowest BCUT2D eigenvalue weighted by Gasteiger charge is -2.21. The zero-order valence-corrected chi connectivity index (χ0v) is 16.3. The third-order valence-corrected chi connectivity index (χ3v) is 5.82. The third kappa shape index (κ3) is 3.58. The van der Waals surface area contributed by atoms with E-state index in [2.05, 4.69) is 98.1 Å². The zero-order chi connectivity index (χ0) is 18.1. The Morgan fingerprint density at radius 1 is 0.846 bits per heavy atom. The molecular formula is C23H24N2S. The molecule has 0 aliphatic carbocycles. The average molecular weight is 361 g/mol. The second-order valence-electron chi connectivity index (χ2n) is 7.73. The van der Waals surface area contributed by atoms with Gasteiger partial charge in [-0.25, -0.2) is 0 Å². The van der Waals surface area contributed by atoms with E-state index in [-0.39, 0.29) is 5.41 Å². The molecule has 0 radical (unpaired) electrons. The average Bonchev–Trinajstić information content (AvgIpc) is 2.64. The van der Waals surface area contributed by atoms with Crippen molar-refractivity contribution < 1.29 is 0 Å². The molecule has 0 atom stereocenters. The van der Waals surface area contributed by atoms with E-state index in [9.17, 15) is 0 Å². The number of anilines is 3. The van der Waals surface area contributed by atoms with Gasteiger partial charge in [-0.3, -0.25) is 0 Å². The molecule has 1 aliphatic heterocycles. The molecule has 3 aromatic rings. The van der Waals surface area contributed by atoms with Gasteiger partial charge in [0.1, 0.15) is 0 Å². The topological polar surface area (TPSA) is 24.1 Å². The van der Waals surface area contributed by atoms with Crippen LogP contribution in [0.1, 0.15) is 31.9 Å². The van der Waals surface area contributed by atoms with Crippen LogP contribution < -0.4 is 10.6 Å². The van der Waals surface area contributed by atoms with Crippen molar-refractivity contribution in [3.05, 3.63) is 77.9 Å². The normalized spacial score (nSPS) is 12.7. The zero-order valence-electron chi connectivity index (χ0n) is 15.5. The van der Waals surface area contributed by atoms with Gasteiger partial charge in [-0.1, -0.05) is 68.9 Å². The van der Waals surface area contributed by atoms with E-state index in [4.69, 9.17) is 0 Å². The minimum absolute atomic E-state index is 0.198. The summed E-state index contributed by atoms with van der Waals surface area (Å²) in [5.41, 5.74) is 6.35. The first-order chi connectivity index (χ1) is 12.5. The van der Waals surface area contributed by atoms with Crippen LogP contribution in [0.3, 0.4) is 0 Å². The molecule has 0 bridgehead atoms. The Kier molecular flexibility index (Phi) is 4.41. The first-order valence-corrected chi connectivity index (χ1v) is 9.82. The van der Waals surface area contributed by atoms with Crippen molar-refractivity contribution in [2.45, 2.75) is 42.5 Å². The van der Waals surface area contributed by atoms with Gasteiger partial charge >= 0.3 is 0 Å². The van der Waals surface area contributed by atoms with Gasteiger partial charge < -0.3 is 10.6 Å². The minimum atomic E-state index is 0.198. The van der Waals surface area contributed by atoms with E-state index in [1.165, 1.54) is 32.3 Å². The molecule has 1 aliphatic rings. The predicted molar refractivity (Wildman–Crippen MR) is 113 cm³/mol. The van der Waals surface area contributed by atoms with E-state index in [0.717, 1.165) is 12.2 Å². The molecule has 1 heterocycles. The molecule has 0 aromatic heterocycles. The Hall–Kier alpha value is -2.39. The summed E-state index contributed by atoms with van der Waals surface area (Å²) in [5, 5.41) is 7.09. The third-order valence-electron chi connectivity index (χ3n) is 4.67. The fourth-order valence-electron chi connectivity index (χ4n) is 3.08. The van der Waals surface area contributed by atoms with Crippen LogP contribution in [0.15, 0.2) is 76.5 Å². The number of nitrogens with one attached hydrogen (secondary N) is 2. The summed E-state index contributed by atoms with van der Waals surface area (Å²) < 4.78 is 0. The van der Waals surface area contributed by atoms with Crippen LogP contribution in [0, 0.1) is 0 Å². The quantitative estimate of drug-likeness (QED) is 0.420.